The summed E-state index contributed by atoms with van der Waals surface area (Å²) < 4.78 is 51.7. The molecule has 17 heteroatoms. The van der Waals surface area contributed by atoms with Crippen molar-refractivity contribution in [1.82, 2.24) is 19.6 Å². The van der Waals surface area contributed by atoms with Crippen LogP contribution in [-0.2, 0) is 23.4 Å². The molecule has 210 valence electrons. The van der Waals surface area contributed by atoms with Gasteiger partial charge < -0.3 is 19.1 Å². The van der Waals surface area contributed by atoms with Gasteiger partial charge in [0, 0.05) is 17.8 Å². The van der Waals surface area contributed by atoms with Gasteiger partial charge in [-0.25, -0.2) is 18.7 Å². The molecule has 0 aliphatic carbocycles. The molecule has 0 spiro atoms. The number of rotatable bonds is 9. The van der Waals surface area contributed by atoms with Gasteiger partial charge in [-0.3, -0.25) is 23.7 Å². The quantitative estimate of drug-likeness (QED) is 0.242. The van der Waals surface area contributed by atoms with Gasteiger partial charge in [-0.05, 0) is 38.1 Å². The highest BCUT2D eigenvalue weighted by Gasteiger charge is 2.58. The van der Waals surface area contributed by atoms with E-state index in [0.717, 1.165) is 26.3 Å². The van der Waals surface area contributed by atoms with E-state index in [4.69, 9.17) is 25.4 Å². The van der Waals surface area contributed by atoms with Crippen LogP contribution in [0.4, 0.5) is 4.39 Å². The summed E-state index contributed by atoms with van der Waals surface area (Å²) in [5.74, 6) is -0.821. The Morgan fingerprint density at radius 1 is 1.36 bits per heavy atom. The molecule has 3 aromatic rings. The number of esters is 1. The minimum atomic E-state index is -4.62. The average molecular weight is 605 g/mol. The van der Waals surface area contributed by atoms with Crippen LogP contribution in [0.3, 0.4) is 0 Å². The molecule has 13 nitrogen and oxygen atoms in total. The van der Waals surface area contributed by atoms with E-state index >= 15 is 4.39 Å². The number of alkyl halides is 1. The molecule has 1 unspecified atom stereocenters. The van der Waals surface area contributed by atoms with Gasteiger partial charge >= 0.3 is 19.4 Å². The average Bonchev–Trinajstić information content (AvgIpc) is 3.40. The maximum atomic E-state index is 15.6. The highest BCUT2D eigenvalue weighted by molar-refractivity contribution is 7.52. The predicted octanol–water partition coefficient (Wildman–Crippen LogP) is 2.61. The summed E-state index contributed by atoms with van der Waals surface area (Å²) in [6, 6.07) is 5.75. The van der Waals surface area contributed by atoms with Crippen molar-refractivity contribution in [1.29, 1.82) is 0 Å². The molecule has 0 radical (unpaired) electrons. The van der Waals surface area contributed by atoms with Crippen molar-refractivity contribution >= 4 is 36.7 Å². The lowest BCUT2D eigenvalue weighted by Crippen LogP contribution is -2.43. The van der Waals surface area contributed by atoms with E-state index in [1.54, 1.807) is 17.6 Å². The number of hydrogen-bond donors (Lipinski definition) is 3. The number of thiazole rings is 1. The smallest absolute Gasteiger partial charge is 0.461 e. The molecule has 3 N–H and O–H groups in total. The van der Waals surface area contributed by atoms with Crippen LogP contribution in [0.5, 0.6) is 5.75 Å². The number of methoxy groups -OCH3 is 1. The van der Waals surface area contributed by atoms with E-state index in [-0.39, 0.29) is 5.75 Å². The van der Waals surface area contributed by atoms with Crippen molar-refractivity contribution in [3.63, 3.8) is 0 Å². The zero-order valence-electron chi connectivity index (χ0n) is 20.6. The van der Waals surface area contributed by atoms with E-state index in [9.17, 15) is 24.1 Å². The molecule has 1 fully saturated rings. The van der Waals surface area contributed by atoms with Gasteiger partial charge in [-0.15, -0.1) is 11.3 Å². The standard InChI is InChI=1S/C22H23ClFN4O9PS/c1-11(18(31)34-3)27-38(33,36-13-6-4-12(5-7-13)15-17(23)39-10-25-15)37-19-16(30)22(2,24)20(35-19)28-9-8-14(29)26-21(28)32/h4-11,16,19-20,30H,1-3H3,(H,27,33)(H,26,29,32)/t11-,16+,19+,20+,22+,38?/m0/s1. The summed E-state index contributed by atoms with van der Waals surface area (Å²) >= 11 is 7.37. The predicted molar refractivity (Wildman–Crippen MR) is 137 cm³/mol. The number of aliphatic hydroxyl groups excluding tert-OH is 1. The molecule has 6 atom stereocenters. The fraction of sp³-hybridized carbons (Fsp3) is 0.364. The zero-order chi connectivity index (χ0) is 28.5. The largest absolute Gasteiger partial charge is 0.468 e. The van der Waals surface area contributed by atoms with Crippen molar-refractivity contribution in [3.8, 4) is 17.0 Å². The van der Waals surface area contributed by atoms with Crippen LogP contribution in [-0.4, -0.2) is 56.8 Å². The molecular formula is C22H23ClFN4O9PS. The first-order valence-electron chi connectivity index (χ1n) is 11.2. The molecule has 39 heavy (non-hydrogen) atoms. The summed E-state index contributed by atoms with van der Waals surface area (Å²) in [6.07, 6.45) is -4.83. The second kappa shape index (κ2) is 11.3. The van der Waals surface area contributed by atoms with Crippen LogP contribution >= 0.6 is 30.7 Å². The summed E-state index contributed by atoms with van der Waals surface area (Å²) in [7, 11) is -3.51. The van der Waals surface area contributed by atoms with Gasteiger partial charge in [-0.1, -0.05) is 11.6 Å². The number of hydrogen-bond acceptors (Lipinski definition) is 11. The lowest BCUT2D eigenvalue weighted by molar-refractivity contribution is -0.143. The van der Waals surface area contributed by atoms with E-state index in [0.29, 0.717) is 20.2 Å². The number of aliphatic hydroxyl groups is 1. The zero-order valence-corrected chi connectivity index (χ0v) is 23.0. The molecule has 1 aromatic carbocycles. The van der Waals surface area contributed by atoms with Crippen molar-refractivity contribution in [2.45, 2.75) is 44.2 Å². The number of aromatic amines is 1. The van der Waals surface area contributed by atoms with Crippen molar-refractivity contribution < 1.29 is 37.4 Å². The molecule has 0 amide bonds. The Morgan fingerprint density at radius 3 is 2.64 bits per heavy atom. The van der Waals surface area contributed by atoms with E-state index in [2.05, 4.69) is 14.8 Å². The van der Waals surface area contributed by atoms with Crippen molar-refractivity contribution in [2.24, 2.45) is 0 Å². The number of H-pyrrole nitrogens is 1. The molecule has 2 aromatic heterocycles. The third-order valence-corrected chi connectivity index (χ3v) is 8.41. The SMILES string of the molecule is COC(=O)[C@H](C)NP(=O)(Oc1ccc(-c2ncsc2Cl)cc1)O[C@H]1O[C@@H](n2ccc(=O)[nH]c2=O)[C@](C)(F)[C@@H]1O. The summed E-state index contributed by atoms with van der Waals surface area (Å²) in [5, 5.41) is 13.0. The molecule has 4 rings (SSSR count). The Morgan fingerprint density at radius 2 is 2.05 bits per heavy atom. The molecule has 1 saturated heterocycles. The van der Waals surface area contributed by atoms with Crippen LogP contribution in [0.15, 0.2) is 51.6 Å². The van der Waals surface area contributed by atoms with E-state index in [1.165, 1.54) is 30.4 Å². The first-order valence-corrected chi connectivity index (χ1v) is 14.0. The van der Waals surface area contributed by atoms with Gasteiger partial charge in [0.15, 0.2) is 11.9 Å². The lowest BCUT2D eigenvalue weighted by Gasteiger charge is -2.26. The number of aromatic nitrogens is 3. The van der Waals surface area contributed by atoms with E-state index < -0.39 is 55.3 Å². The van der Waals surface area contributed by atoms with E-state index in [1.807, 2.05) is 4.98 Å². The van der Waals surface area contributed by atoms with Gasteiger partial charge in [0.1, 0.15) is 22.2 Å². The number of nitrogens with one attached hydrogen (secondary N) is 2. The Kier molecular flexibility index (Phi) is 8.42. The summed E-state index contributed by atoms with van der Waals surface area (Å²) in [5.41, 5.74) is -1.66. The van der Waals surface area contributed by atoms with Crippen LogP contribution in [0.2, 0.25) is 4.34 Å². The van der Waals surface area contributed by atoms with Crippen LogP contribution < -0.4 is 20.9 Å². The van der Waals surface area contributed by atoms with Gasteiger partial charge in [0.05, 0.1) is 18.3 Å². The molecular weight excluding hydrogens is 582 g/mol. The maximum absolute atomic E-state index is 15.6. The Hall–Kier alpha value is -2.91. The first kappa shape index (κ1) is 29.1. The second-order valence-electron chi connectivity index (χ2n) is 8.54. The second-order valence-corrected chi connectivity index (χ2v) is 11.6. The van der Waals surface area contributed by atoms with Crippen LogP contribution in [0.25, 0.3) is 11.3 Å². The summed E-state index contributed by atoms with van der Waals surface area (Å²) in [6.45, 7) is 2.24. The van der Waals surface area contributed by atoms with Crippen LogP contribution in [0.1, 0.15) is 20.1 Å². The van der Waals surface area contributed by atoms with Crippen LogP contribution in [0, 0.1) is 0 Å². The fourth-order valence-corrected chi connectivity index (χ4v) is 6.08. The molecule has 1 aliphatic rings. The topological polar surface area (TPSA) is 171 Å². The number of nitrogens with zero attached hydrogens (tertiary/aromatic N) is 2. The van der Waals surface area contributed by atoms with Gasteiger partial charge in [-0.2, -0.15) is 5.09 Å². The minimum Gasteiger partial charge on any atom is -0.468 e. The maximum Gasteiger partial charge on any atom is 0.461 e. The Labute approximate surface area is 229 Å². The van der Waals surface area contributed by atoms with Gasteiger partial charge in [0.2, 0.25) is 6.29 Å². The number of carbonyl (C=O) groups is 1. The molecule has 0 bridgehead atoms. The first-order chi connectivity index (χ1) is 18.3. The third-order valence-electron chi connectivity index (χ3n) is 5.71. The molecule has 3 heterocycles. The fourth-order valence-electron chi connectivity index (χ4n) is 3.69. The Bertz CT molecular complexity index is 1510. The molecule has 0 saturated carbocycles. The third kappa shape index (κ3) is 6.14. The number of benzene rings is 1. The number of ether oxygens (including phenoxy) is 2. The van der Waals surface area contributed by atoms with Gasteiger partial charge in [0.25, 0.3) is 5.56 Å². The highest BCUT2D eigenvalue weighted by Crippen LogP contribution is 2.51. The number of halogens is 2. The lowest BCUT2D eigenvalue weighted by atomic mass is 10.0. The summed E-state index contributed by atoms with van der Waals surface area (Å²) in [4.78, 5) is 41.8. The monoisotopic (exact) mass is 604 g/mol. The number of carbonyl (C=O) groups excluding carboxylic acids is 1. The normalized spacial score (nSPS) is 25.1. The Balaban J connectivity index is 1.62. The highest BCUT2D eigenvalue weighted by atomic mass is 35.5. The van der Waals surface area contributed by atoms with Crippen molar-refractivity contribution in [3.05, 3.63) is 67.2 Å². The van der Waals surface area contributed by atoms with Crippen molar-refractivity contribution in [2.75, 3.05) is 7.11 Å². The minimum absolute atomic E-state index is 0.00176. The molecule has 1 aliphatic heterocycles.